The van der Waals surface area contributed by atoms with Crippen LogP contribution in [0.1, 0.15) is 6.42 Å². The Balaban J connectivity index is 1.74. The number of hydrogen-bond acceptors (Lipinski definition) is 4. The summed E-state index contributed by atoms with van der Waals surface area (Å²) in [6.07, 6.45) is 0.434. The molecule has 0 saturated carbocycles. The van der Waals surface area contributed by atoms with Crippen molar-refractivity contribution < 1.29 is 17.9 Å². The lowest BCUT2D eigenvalue weighted by Gasteiger charge is -2.17. The quantitative estimate of drug-likeness (QED) is 0.895. The van der Waals surface area contributed by atoms with Crippen molar-refractivity contribution in [1.29, 1.82) is 0 Å². The van der Waals surface area contributed by atoms with Crippen LogP contribution in [0.25, 0.3) is 0 Å². The molecule has 0 spiro atoms. The summed E-state index contributed by atoms with van der Waals surface area (Å²) in [6, 6.07) is 14.5. The molecule has 0 aliphatic carbocycles. The van der Waals surface area contributed by atoms with E-state index in [4.69, 9.17) is 4.74 Å². The van der Waals surface area contributed by atoms with E-state index in [0.717, 1.165) is 5.69 Å². The van der Waals surface area contributed by atoms with Gasteiger partial charge in [0, 0.05) is 12.2 Å². The molecule has 24 heavy (non-hydrogen) atoms. The number of carbonyl (C=O) groups is 1. The first-order valence-electron chi connectivity index (χ1n) is 7.54. The largest absolute Gasteiger partial charge is 0.497 e. The molecule has 6 nitrogen and oxygen atoms in total. The number of anilines is 1. The molecule has 126 valence electrons. The second-order valence-corrected chi connectivity index (χ2v) is 7.18. The van der Waals surface area contributed by atoms with Gasteiger partial charge in [0.2, 0.25) is 15.9 Å². The number of sulfonamides is 1. The molecule has 1 fully saturated rings. The number of para-hydroxylation sites is 1. The highest BCUT2D eigenvalue weighted by Gasteiger charge is 2.35. The van der Waals surface area contributed by atoms with Crippen molar-refractivity contribution in [2.45, 2.75) is 17.4 Å². The number of hydrogen-bond donors (Lipinski definition) is 1. The molecule has 3 rings (SSSR count). The van der Waals surface area contributed by atoms with Gasteiger partial charge in [-0.3, -0.25) is 4.79 Å². The zero-order chi connectivity index (χ0) is 17.2. The van der Waals surface area contributed by atoms with Crippen LogP contribution in [0.5, 0.6) is 5.75 Å². The fraction of sp³-hybridized carbons (Fsp3) is 0.235. The standard InChI is InChI=1S/C17H18N2O4S/c1-23-14-7-9-15(10-8-14)24(21,22)18-16-11-12-19(17(16)20)13-5-3-2-4-6-13/h2-10,16,18H,11-12H2,1H3. The summed E-state index contributed by atoms with van der Waals surface area (Å²) in [4.78, 5) is 14.2. The molecule has 1 N–H and O–H groups in total. The van der Waals surface area contributed by atoms with Crippen molar-refractivity contribution in [1.82, 2.24) is 4.72 Å². The van der Waals surface area contributed by atoms with E-state index in [1.54, 1.807) is 17.0 Å². The molecular weight excluding hydrogens is 328 g/mol. The van der Waals surface area contributed by atoms with Gasteiger partial charge >= 0.3 is 0 Å². The van der Waals surface area contributed by atoms with E-state index < -0.39 is 16.1 Å². The smallest absolute Gasteiger partial charge is 0.245 e. The van der Waals surface area contributed by atoms with E-state index in [-0.39, 0.29) is 10.8 Å². The fourth-order valence-corrected chi connectivity index (χ4v) is 3.89. The maximum atomic E-state index is 12.5. The maximum absolute atomic E-state index is 12.5. The number of benzene rings is 2. The van der Waals surface area contributed by atoms with Crippen LogP contribution in [0, 0.1) is 0 Å². The molecule has 0 radical (unpaired) electrons. The Morgan fingerprint density at radius 1 is 1.08 bits per heavy atom. The van der Waals surface area contributed by atoms with Gasteiger partial charge in [-0.25, -0.2) is 8.42 Å². The first kappa shape index (κ1) is 16.5. The highest BCUT2D eigenvalue weighted by atomic mass is 32.2. The van der Waals surface area contributed by atoms with Crippen LogP contribution in [0.15, 0.2) is 59.5 Å². The molecule has 1 saturated heterocycles. The summed E-state index contributed by atoms with van der Waals surface area (Å²) in [6.45, 7) is 0.485. The zero-order valence-electron chi connectivity index (χ0n) is 13.2. The van der Waals surface area contributed by atoms with Crippen molar-refractivity contribution in [3.63, 3.8) is 0 Å². The fourth-order valence-electron chi connectivity index (χ4n) is 2.66. The van der Waals surface area contributed by atoms with Crippen LogP contribution >= 0.6 is 0 Å². The van der Waals surface area contributed by atoms with Crippen molar-refractivity contribution in [2.75, 3.05) is 18.6 Å². The predicted octanol–water partition coefficient (Wildman–Crippen LogP) is 1.78. The number of amides is 1. The lowest BCUT2D eigenvalue weighted by Crippen LogP contribution is -2.41. The topological polar surface area (TPSA) is 75.7 Å². The molecule has 1 atom stereocenters. The highest BCUT2D eigenvalue weighted by molar-refractivity contribution is 7.89. The molecule has 0 aromatic heterocycles. The van der Waals surface area contributed by atoms with E-state index in [9.17, 15) is 13.2 Å². The zero-order valence-corrected chi connectivity index (χ0v) is 14.0. The summed E-state index contributed by atoms with van der Waals surface area (Å²) in [7, 11) is -2.25. The van der Waals surface area contributed by atoms with E-state index in [0.29, 0.717) is 18.7 Å². The average Bonchev–Trinajstić information content (AvgIpc) is 2.96. The maximum Gasteiger partial charge on any atom is 0.245 e. The minimum Gasteiger partial charge on any atom is -0.497 e. The van der Waals surface area contributed by atoms with Crippen LogP contribution in [0.4, 0.5) is 5.69 Å². The van der Waals surface area contributed by atoms with Crippen LogP contribution in [-0.2, 0) is 14.8 Å². The van der Waals surface area contributed by atoms with Gasteiger partial charge in [-0.2, -0.15) is 4.72 Å². The number of nitrogens with one attached hydrogen (secondary N) is 1. The molecule has 0 bridgehead atoms. The normalized spacial score (nSPS) is 18.0. The van der Waals surface area contributed by atoms with Gasteiger partial charge in [0.15, 0.2) is 0 Å². The van der Waals surface area contributed by atoms with Crippen molar-refractivity contribution in [3.05, 3.63) is 54.6 Å². The Hall–Kier alpha value is -2.38. The van der Waals surface area contributed by atoms with Crippen LogP contribution in [-0.4, -0.2) is 34.0 Å². The first-order chi connectivity index (χ1) is 11.5. The average molecular weight is 346 g/mol. The molecule has 1 amide bonds. The van der Waals surface area contributed by atoms with E-state index in [2.05, 4.69) is 4.72 Å². The van der Waals surface area contributed by atoms with Gasteiger partial charge in [0.25, 0.3) is 0 Å². The first-order valence-corrected chi connectivity index (χ1v) is 9.02. The van der Waals surface area contributed by atoms with E-state index in [1.165, 1.54) is 19.2 Å². The molecule has 2 aromatic carbocycles. The second kappa shape index (κ2) is 6.62. The highest BCUT2D eigenvalue weighted by Crippen LogP contribution is 2.23. The van der Waals surface area contributed by atoms with Crippen molar-refractivity contribution in [2.24, 2.45) is 0 Å². The lowest BCUT2D eigenvalue weighted by atomic mass is 10.3. The monoisotopic (exact) mass is 346 g/mol. The Bertz CT molecular complexity index is 819. The van der Waals surface area contributed by atoms with Gasteiger partial charge in [-0.05, 0) is 42.8 Å². The minimum absolute atomic E-state index is 0.106. The number of nitrogens with zero attached hydrogens (tertiary/aromatic N) is 1. The Labute approximate surface area is 141 Å². The third kappa shape index (κ3) is 3.27. The molecule has 7 heteroatoms. The molecule has 2 aromatic rings. The summed E-state index contributed by atoms with van der Waals surface area (Å²) >= 11 is 0. The molecule has 1 aliphatic heterocycles. The molecule has 1 aliphatic rings. The number of rotatable bonds is 5. The number of carbonyl (C=O) groups excluding carboxylic acids is 1. The summed E-state index contributed by atoms with van der Waals surface area (Å²) < 4.78 is 32.4. The third-order valence-corrected chi connectivity index (χ3v) is 5.43. The number of ether oxygens (including phenoxy) is 1. The summed E-state index contributed by atoms with van der Waals surface area (Å²) in [5.41, 5.74) is 0.772. The van der Waals surface area contributed by atoms with Gasteiger partial charge in [-0.1, -0.05) is 18.2 Å². The van der Waals surface area contributed by atoms with E-state index in [1.807, 2.05) is 30.3 Å². The molecular formula is C17H18N2O4S. The summed E-state index contributed by atoms with van der Waals surface area (Å²) in [5, 5.41) is 0. The predicted molar refractivity (Wildman–Crippen MR) is 90.5 cm³/mol. The molecule has 1 heterocycles. The Morgan fingerprint density at radius 2 is 1.75 bits per heavy atom. The minimum atomic E-state index is -3.76. The van der Waals surface area contributed by atoms with Crippen molar-refractivity contribution in [3.8, 4) is 5.75 Å². The Morgan fingerprint density at radius 3 is 2.38 bits per heavy atom. The second-order valence-electron chi connectivity index (χ2n) is 5.46. The molecule has 1 unspecified atom stereocenters. The van der Waals surface area contributed by atoms with Crippen LogP contribution in [0.2, 0.25) is 0 Å². The SMILES string of the molecule is COc1ccc(S(=O)(=O)NC2CCN(c3ccccc3)C2=O)cc1. The van der Waals surface area contributed by atoms with Gasteiger partial charge < -0.3 is 9.64 Å². The Kier molecular flexibility index (Phi) is 4.55. The van der Waals surface area contributed by atoms with E-state index >= 15 is 0 Å². The number of methoxy groups -OCH3 is 1. The van der Waals surface area contributed by atoms with Gasteiger partial charge in [-0.15, -0.1) is 0 Å². The van der Waals surface area contributed by atoms with Gasteiger partial charge in [0.05, 0.1) is 12.0 Å². The van der Waals surface area contributed by atoms with Crippen LogP contribution in [0.3, 0.4) is 0 Å². The lowest BCUT2D eigenvalue weighted by molar-refractivity contribution is -0.118. The summed E-state index contributed by atoms with van der Waals surface area (Å²) in [5.74, 6) is 0.333. The van der Waals surface area contributed by atoms with Crippen molar-refractivity contribution >= 4 is 21.6 Å². The third-order valence-electron chi connectivity index (χ3n) is 3.94. The van der Waals surface area contributed by atoms with Crippen LogP contribution < -0.4 is 14.4 Å². The van der Waals surface area contributed by atoms with Gasteiger partial charge in [0.1, 0.15) is 11.8 Å².